The van der Waals surface area contributed by atoms with Crippen molar-refractivity contribution in [2.75, 3.05) is 0 Å². The highest BCUT2D eigenvalue weighted by atomic mass is 16.4. The molecule has 0 saturated carbocycles. The molecule has 0 aliphatic carbocycles. The van der Waals surface area contributed by atoms with E-state index in [-0.39, 0.29) is 17.0 Å². The van der Waals surface area contributed by atoms with Crippen molar-refractivity contribution in [3.05, 3.63) is 40.3 Å². The van der Waals surface area contributed by atoms with E-state index in [2.05, 4.69) is 10.2 Å². The zero-order valence-corrected chi connectivity index (χ0v) is 8.02. The number of nitrogens with one attached hydrogen (secondary N) is 2. The second kappa shape index (κ2) is 3.58. The van der Waals surface area contributed by atoms with Crippen LogP contribution in [-0.2, 0) is 0 Å². The SMILES string of the molecule is O=C(O)c1[nH][nH]c(=O)c1-c1ccc(O)cc1. The summed E-state index contributed by atoms with van der Waals surface area (Å²) in [4.78, 5) is 22.3. The van der Waals surface area contributed by atoms with Crippen molar-refractivity contribution in [2.45, 2.75) is 0 Å². The molecule has 2 rings (SSSR count). The maximum Gasteiger partial charge on any atom is 0.354 e. The molecule has 0 fully saturated rings. The van der Waals surface area contributed by atoms with E-state index in [1.165, 1.54) is 24.3 Å². The maximum absolute atomic E-state index is 11.4. The fraction of sp³-hybridized carbons (Fsp3) is 0. The second-order valence-corrected chi connectivity index (χ2v) is 3.18. The highest BCUT2D eigenvalue weighted by Crippen LogP contribution is 2.21. The van der Waals surface area contributed by atoms with Gasteiger partial charge in [-0.3, -0.25) is 15.0 Å². The molecule has 0 aliphatic rings. The number of carbonyl (C=O) groups is 1. The third-order valence-electron chi connectivity index (χ3n) is 2.15. The predicted octanol–water partition coefficient (Wildman–Crippen LogP) is 0.774. The van der Waals surface area contributed by atoms with E-state index in [9.17, 15) is 9.59 Å². The average Bonchev–Trinajstić information content (AvgIpc) is 2.62. The molecule has 1 heterocycles. The van der Waals surface area contributed by atoms with Gasteiger partial charge in [-0.15, -0.1) is 0 Å². The summed E-state index contributed by atoms with van der Waals surface area (Å²) in [6.07, 6.45) is 0. The lowest BCUT2D eigenvalue weighted by Crippen LogP contribution is -2.04. The summed E-state index contributed by atoms with van der Waals surface area (Å²) in [5, 5.41) is 22.4. The first-order valence-corrected chi connectivity index (χ1v) is 4.43. The number of aromatic hydroxyl groups is 1. The molecule has 1 aromatic carbocycles. The molecular weight excluding hydrogens is 212 g/mol. The number of rotatable bonds is 2. The van der Waals surface area contributed by atoms with Crippen molar-refractivity contribution in [3.8, 4) is 16.9 Å². The second-order valence-electron chi connectivity index (χ2n) is 3.18. The Bertz CT molecular complexity index is 580. The summed E-state index contributed by atoms with van der Waals surface area (Å²) in [5.41, 5.74) is -0.232. The molecule has 82 valence electrons. The van der Waals surface area contributed by atoms with E-state index in [0.29, 0.717) is 5.56 Å². The maximum atomic E-state index is 11.4. The Morgan fingerprint density at radius 2 is 1.75 bits per heavy atom. The smallest absolute Gasteiger partial charge is 0.354 e. The van der Waals surface area contributed by atoms with Gasteiger partial charge in [0.1, 0.15) is 5.75 Å². The van der Waals surface area contributed by atoms with Gasteiger partial charge in [-0.2, -0.15) is 0 Å². The molecule has 16 heavy (non-hydrogen) atoms. The van der Waals surface area contributed by atoms with Crippen molar-refractivity contribution in [1.82, 2.24) is 10.2 Å². The Morgan fingerprint density at radius 1 is 1.12 bits per heavy atom. The Kier molecular flexibility index (Phi) is 2.24. The largest absolute Gasteiger partial charge is 0.508 e. The third kappa shape index (κ3) is 1.56. The van der Waals surface area contributed by atoms with Crippen LogP contribution in [0.4, 0.5) is 0 Å². The van der Waals surface area contributed by atoms with Crippen LogP contribution < -0.4 is 5.56 Å². The van der Waals surface area contributed by atoms with E-state index < -0.39 is 11.5 Å². The summed E-state index contributed by atoms with van der Waals surface area (Å²) in [5.74, 6) is -1.17. The molecule has 0 atom stereocenters. The van der Waals surface area contributed by atoms with Gasteiger partial charge in [0.2, 0.25) is 0 Å². The van der Waals surface area contributed by atoms with Crippen LogP contribution in [0.25, 0.3) is 11.1 Å². The van der Waals surface area contributed by atoms with Gasteiger partial charge in [0.05, 0.1) is 5.56 Å². The van der Waals surface area contributed by atoms with Gasteiger partial charge in [0, 0.05) is 0 Å². The number of carboxylic acids is 1. The van der Waals surface area contributed by atoms with Crippen molar-refractivity contribution < 1.29 is 15.0 Å². The molecule has 0 amide bonds. The van der Waals surface area contributed by atoms with Crippen LogP contribution in [0.2, 0.25) is 0 Å². The highest BCUT2D eigenvalue weighted by Gasteiger charge is 2.17. The molecule has 6 heteroatoms. The summed E-state index contributed by atoms with van der Waals surface area (Å²) >= 11 is 0. The van der Waals surface area contributed by atoms with Crippen LogP contribution in [-0.4, -0.2) is 26.4 Å². The topological polar surface area (TPSA) is 106 Å². The lowest BCUT2D eigenvalue weighted by molar-refractivity contribution is 0.0691. The van der Waals surface area contributed by atoms with Crippen LogP contribution in [0.5, 0.6) is 5.75 Å². The number of phenols is 1. The lowest BCUT2D eigenvalue weighted by Gasteiger charge is -1.98. The number of benzene rings is 1. The Morgan fingerprint density at radius 3 is 2.31 bits per heavy atom. The summed E-state index contributed by atoms with van der Waals surface area (Å²) in [6.45, 7) is 0. The Hall–Kier alpha value is -2.50. The fourth-order valence-corrected chi connectivity index (χ4v) is 1.42. The quantitative estimate of drug-likeness (QED) is 0.599. The van der Waals surface area contributed by atoms with E-state index in [1.807, 2.05) is 0 Å². The summed E-state index contributed by atoms with van der Waals surface area (Å²) in [7, 11) is 0. The van der Waals surface area contributed by atoms with Gasteiger partial charge >= 0.3 is 5.97 Å². The van der Waals surface area contributed by atoms with E-state index in [0.717, 1.165) is 0 Å². The minimum atomic E-state index is -1.22. The van der Waals surface area contributed by atoms with Gasteiger partial charge in [-0.05, 0) is 17.7 Å². The van der Waals surface area contributed by atoms with Gasteiger partial charge in [-0.25, -0.2) is 4.79 Å². The minimum Gasteiger partial charge on any atom is -0.508 e. The molecule has 4 N–H and O–H groups in total. The van der Waals surface area contributed by atoms with E-state index >= 15 is 0 Å². The van der Waals surface area contributed by atoms with Gasteiger partial charge < -0.3 is 10.2 Å². The summed E-state index contributed by atoms with van der Waals surface area (Å²) in [6, 6.07) is 5.71. The number of H-pyrrole nitrogens is 2. The van der Waals surface area contributed by atoms with Crippen molar-refractivity contribution >= 4 is 5.97 Å². The zero-order valence-electron chi connectivity index (χ0n) is 8.02. The number of aromatic carboxylic acids is 1. The first-order valence-electron chi connectivity index (χ1n) is 4.43. The van der Waals surface area contributed by atoms with Crippen LogP contribution in [0.1, 0.15) is 10.5 Å². The Balaban J connectivity index is 2.63. The van der Waals surface area contributed by atoms with E-state index in [1.54, 1.807) is 0 Å². The molecule has 0 bridgehead atoms. The first-order chi connectivity index (χ1) is 7.59. The molecule has 0 unspecified atom stereocenters. The molecule has 1 aromatic heterocycles. The van der Waals surface area contributed by atoms with Crippen LogP contribution in [0.15, 0.2) is 29.1 Å². The molecular formula is C10H8N2O4. The molecule has 0 saturated heterocycles. The van der Waals surface area contributed by atoms with Crippen LogP contribution in [0.3, 0.4) is 0 Å². The number of phenolic OH excluding ortho intramolecular Hbond substituents is 1. The minimum absolute atomic E-state index is 0.0486. The third-order valence-corrected chi connectivity index (χ3v) is 2.15. The van der Waals surface area contributed by atoms with E-state index in [4.69, 9.17) is 10.2 Å². The monoisotopic (exact) mass is 220 g/mol. The molecule has 2 aromatic rings. The molecule has 6 nitrogen and oxygen atoms in total. The summed E-state index contributed by atoms with van der Waals surface area (Å²) < 4.78 is 0. The van der Waals surface area contributed by atoms with Crippen molar-refractivity contribution in [2.24, 2.45) is 0 Å². The van der Waals surface area contributed by atoms with Crippen molar-refractivity contribution in [1.29, 1.82) is 0 Å². The number of carboxylic acid groups (broad SMARTS) is 1. The molecule has 0 radical (unpaired) electrons. The number of aromatic nitrogens is 2. The standard InChI is InChI=1S/C10H8N2O4/c13-6-3-1-5(2-4-6)7-8(10(15)16)11-12-9(7)14/h1-4,13H,(H,15,16)(H2,11,12,14). The lowest BCUT2D eigenvalue weighted by atomic mass is 10.1. The van der Waals surface area contributed by atoms with Crippen molar-refractivity contribution in [3.63, 3.8) is 0 Å². The molecule has 0 spiro atoms. The highest BCUT2D eigenvalue weighted by molar-refractivity contribution is 5.93. The van der Waals surface area contributed by atoms with Crippen LogP contribution in [0, 0.1) is 0 Å². The number of hydrogen-bond donors (Lipinski definition) is 4. The predicted molar refractivity (Wildman–Crippen MR) is 55.5 cm³/mol. The normalized spacial score (nSPS) is 10.2. The number of aromatic amines is 2. The number of hydrogen-bond acceptors (Lipinski definition) is 3. The fourth-order valence-electron chi connectivity index (χ4n) is 1.42. The van der Waals surface area contributed by atoms with Gasteiger partial charge in [-0.1, -0.05) is 12.1 Å². The van der Waals surface area contributed by atoms with Crippen LogP contribution >= 0.6 is 0 Å². The average molecular weight is 220 g/mol. The van der Waals surface area contributed by atoms with Gasteiger partial charge in [0.25, 0.3) is 5.56 Å². The molecule has 0 aliphatic heterocycles. The van der Waals surface area contributed by atoms with Gasteiger partial charge in [0.15, 0.2) is 5.69 Å². The zero-order chi connectivity index (χ0) is 11.7. The Labute approximate surface area is 89.2 Å². The first kappa shape index (κ1) is 10.0.